The minimum absolute atomic E-state index is 0.0413. The lowest BCUT2D eigenvalue weighted by atomic mass is 10.0. The number of hydrogen-bond donors (Lipinski definition) is 0. The summed E-state index contributed by atoms with van der Waals surface area (Å²) in [5.74, 6) is -1.68. The van der Waals surface area contributed by atoms with Gasteiger partial charge < -0.3 is 9.47 Å². The summed E-state index contributed by atoms with van der Waals surface area (Å²) in [6.45, 7) is 1.68. The summed E-state index contributed by atoms with van der Waals surface area (Å²) in [5, 5.41) is 8.89. The van der Waals surface area contributed by atoms with E-state index in [2.05, 4.69) is 9.47 Å². The minimum atomic E-state index is -4.96. The number of carbonyl (C=O) groups is 1. The number of alkyl halides is 4. The van der Waals surface area contributed by atoms with E-state index in [1.807, 2.05) is 0 Å². The summed E-state index contributed by atoms with van der Waals surface area (Å²) in [5.41, 5.74) is -0.199. The largest absolute Gasteiger partial charge is 0.573 e. The zero-order valence-corrected chi connectivity index (χ0v) is 11.7. The second-order valence-corrected chi connectivity index (χ2v) is 4.12. The molecule has 1 aromatic rings. The minimum Gasteiger partial charge on any atom is -0.466 e. The molecule has 4 nitrogen and oxygen atoms in total. The van der Waals surface area contributed by atoms with Crippen LogP contribution in [0.1, 0.15) is 23.6 Å². The van der Waals surface area contributed by atoms with Crippen LogP contribution in [0.5, 0.6) is 5.75 Å². The average molecular weight is 322 g/mol. The van der Waals surface area contributed by atoms with E-state index in [1.54, 1.807) is 13.0 Å². The van der Waals surface area contributed by atoms with E-state index < -0.39 is 24.5 Å². The van der Waals surface area contributed by atoms with Crippen LogP contribution in [0.3, 0.4) is 0 Å². The molecule has 0 unspecified atom stereocenters. The van der Waals surface area contributed by atoms with E-state index in [0.29, 0.717) is 0 Å². The van der Waals surface area contributed by atoms with Crippen LogP contribution in [0.2, 0.25) is 0 Å². The van der Waals surface area contributed by atoms with Gasteiger partial charge in [-0.3, -0.25) is 4.79 Å². The molecule has 1 rings (SSSR count). The molecule has 0 saturated heterocycles. The third-order valence-electron chi connectivity index (χ3n) is 2.45. The van der Waals surface area contributed by atoms with Crippen LogP contribution in [0.25, 0.3) is 0 Å². The second-order valence-electron chi connectivity index (χ2n) is 3.85. The van der Waals surface area contributed by atoms with Crippen molar-refractivity contribution in [3.8, 4) is 11.8 Å². The third kappa shape index (κ3) is 4.83. The Morgan fingerprint density at radius 3 is 2.57 bits per heavy atom. The first-order chi connectivity index (χ1) is 9.82. The van der Waals surface area contributed by atoms with Gasteiger partial charge in [0.05, 0.1) is 30.5 Å². The molecule has 0 aliphatic rings. The van der Waals surface area contributed by atoms with Crippen LogP contribution in [0.15, 0.2) is 12.1 Å². The summed E-state index contributed by atoms with van der Waals surface area (Å²) < 4.78 is 46.1. The van der Waals surface area contributed by atoms with Gasteiger partial charge in [-0.25, -0.2) is 0 Å². The van der Waals surface area contributed by atoms with Crippen molar-refractivity contribution >= 4 is 17.6 Å². The summed E-state index contributed by atoms with van der Waals surface area (Å²) in [6.07, 6.45) is -5.37. The van der Waals surface area contributed by atoms with Crippen LogP contribution in [0.4, 0.5) is 13.2 Å². The number of carbonyl (C=O) groups excluding carboxylic acids is 1. The zero-order valence-electron chi connectivity index (χ0n) is 11.0. The van der Waals surface area contributed by atoms with Crippen LogP contribution in [0, 0.1) is 11.3 Å². The van der Waals surface area contributed by atoms with Crippen molar-refractivity contribution in [3.63, 3.8) is 0 Å². The van der Waals surface area contributed by atoms with Gasteiger partial charge in [-0.2, -0.15) is 5.26 Å². The van der Waals surface area contributed by atoms with E-state index in [9.17, 15) is 18.0 Å². The van der Waals surface area contributed by atoms with Crippen LogP contribution in [-0.2, 0) is 21.8 Å². The molecule has 0 N–H and O–H groups in total. The number of nitrogens with zero attached hydrogens (tertiary/aromatic N) is 1. The predicted molar refractivity (Wildman–Crippen MR) is 67.7 cm³/mol. The maximum absolute atomic E-state index is 12.5. The van der Waals surface area contributed by atoms with Crippen LogP contribution >= 0.6 is 11.6 Å². The number of halogens is 4. The van der Waals surface area contributed by atoms with Gasteiger partial charge in [0.25, 0.3) is 0 Å². The lowest BCUT2D eigenvalue weighted by molar-refractivity contribution is -0.275. The van der Waals surface area contributed by atoms with Gasteiger partial charge in [0, 0.05) is 11.1 Å². The van der Waals surface area contributed by atoms with Crippen molar-refractivity contribution in [2.24, 2.45) is 0 Å². The lowest BCUT2D eigenvalue weighted by Crippen LogP contribution is -2.20. The highest BCUT2D eigenvalue weighted by atomic mass is 35.5. The van der Waals surface area contributed by atoms with Crippen molar-refractivity contribution in [2.45, 2.75) is 25.6 Å². The number of rotatable bonds is 5. The monoisotopic (exact) mass is 321 g/mol. The summed E-state index contributed by atoms with van der Waals surface area (Å²) in [4.78, 5) is 11.4. The van der Waals surface area contributed by atoms with E-state index in [1.165, 1.54) is 12.1 Å². The number of ether oxygens (including phenoxy) is 2. The molecule has 21 heavy (non-hydrogen) atoms. The average Bonchev–Trinajstić information content (AvgIpc) is 2.39. The van der Waals surface area contributed by atoms with E-state index in [0.717, 1.165) is 0 Å². The predicted octanol–water partition coefficient (Wildman–Crippen LogP) is 3.30. The topological polar surface area (TPSA) is 59.3 Å². The zero-order chi connectivity index (χ0) is 16.0. The number of nitriles is 1. The third-order valence-corrected chi connectivity index (χ3v) is 2.72. The molecule has 8 heteroatoms. The Labute approximate surface area is 124 Å². The van der Waals surface area contributed by atoms with Gasteiger partial charge >= 0.3 is 12.3 Å². The molecule has 1 aromatic carbocycles. The smallest absolute Gasteiger partial charge is 0.466 e. The molecule has 0 aliphatic carbocycles. The molecule has 0 aliphatic heterocycles. The van der Waals surface area contributed by atoms with Gasteiger partial charge in [0.2, 0.25) is 0 Å². The highest BCUT2D eigenvalue weighted by Crippen LogP contribution is 2.34. The summed E-state index contributed by atoms with van der Waals surface area (Å²) in [7, 11) is 0. The molecule has 114 valence electrons. The Bertz CT molecular complexity index is 567. The SMILES string of the molecule is CCOC(=O)Cc1ccc(C#N)c(CCl)c1OC(F)(F)F. The van der Waals surface area contributed by atoms with Crippen LogP contribution < -0.4 is 4.74 Å². The quantitative estimate of drug-likeness (QED) is 0.616. The first-order valence-electron chi connectivity index (χ1n) is 5.84. The fourth-order valence-corrected chi connectivity index (χ4v) is 1.93. The Kier molecular flexibility index (Phi) is 5.85. The van der Waals surface area contributed by atoms with Crippen molar-refractivity contribution in [3.05, 3.63) is 28.8 Å². The second kappa shape index (κ2) is 7.18. The Morgan fingerprint density at radius 2 is 2.10 bits per heavy atom. The maximum atomic E-state index is 12.5. The Balaban J connectivity index is 3.29. The van der Waals surface area contributed by atoms with Gasteiger partial charge in [-0.1, -0.05) is 6.07 Å². The van der Waals surface area contributed by atoms with Crippen molar-refractivity contribution < 1.29 is 27.4 Å². The summed E-state index contributed by atoms with van der Waals surface area (Å²) in [6, 6.07) is 4.23. The molecule has 0 radical (unpaired) electrons. The Morgan fingerprint density at radius 1 is 1.43 bits per heavy atom. The van der Waals surface area contributed by atoms with Gasteiger partial charge in [-0.05, 0) is 13.0 Å². The Hall–Kier alpha value is -1.94. The molecule has 0 saturated carbocycles. The van der Waals surface area contributed by atoms with Gasteiger partial charge in [0.1, 0.15) is 5.75 Å². The molecule has 0 aromatic heterocycles. The highest BCUT2D eigenvalue weighted by Gasteiger charge is 2.34. The molecular formula is C13H11ClF3NO3. The van der Waals surface area contributed by atoms with Gasteiger partial charge in [-0.15, -0.1) is 24.8 Å². The normalized spacial score (nSPS) is 10.9. The fourth-order valence-electron chi connectivity index (χ4n) is 1.66. The highest BCUT2D eigenvalue weighted by molar-refractivity contribution is 6.17. The number of benzene rings is 1. The maximum Gasteiger partial charge on any atom is 0.573 e. The molecule has 0 bridgehead atoms. The van der Waals surface area contributed by atoms with Gasteiger partial charge in [0.15, 0.2) is 0 Å². The molecule has 0 heterocycles. The molecular weight excluding hydrogens is 311 g/mol. The van der Waals surface area contributed by atoms with E-state index in [-0.39, 0.29) is 29.2 Å². The van der Waals surface area contributed by atoms with Crippen molar-refractivity contribution in [1.29, 1.82) is 5.26 Å². The first kappa shape index (κ1) is 17.1. The standard InChI is InChI=1S/C13H11ClF3NO3/c1-2-20-11(19)5-8-3-4-9(7-18)10(6-14)12(8)21-13(15,16)17/h3-4H,2,5-6H2,1H3. The molecule has 0 fully saturated rings. The molecule has 0 amide bonds. The lowest BCUT2D eigenvalue weighted by Gasteiger charge is -2.17. The fraction of sp³-hybridized carbons (Fsp3) is 0.385. The molecule has 0 spiro atoms. The number of hydrogen-bond acceptors (Lipinski definition) is 4. The van der Waals surface area contributed by atoms with Crippen molar-refractivity contribution in [1.82, 2.24) is 0 Å². The van der Waals surface area contributed by atoms with Crippen LogP contribution in [-0.4, -0.2) is 18.9 Å². The van der Waals surface area contributed by atoms with E-state index >= 15 is 0 Å². The number of esters is 1. The van der Waals surface area contributed by atoms with Crippen molar-refractivity contribution in [2.75, 3.05) is 6.61 Å². The molecule has 0 atom stereocenters. The van der Waals surface area contributed by atoms with E-state index in [4.69, 9.17) is 16.9 Å². The summed E-state index contributed by atoms with van der Waals surface area (Å²) >= 11 is 5.60. The first-order valence-corrected chi connectivity index (χ1v) is 6.38.